The fraction of sp³-hybridized carbons (Fsp3) is 0.800. The summed E-state index contributed by atoms with van der Waals surface area (Å²) in [5.74, 6) is 1.59. The Balaban J connectivity index is 1.57. The first-order valence-electron chi connectivity index (χ1n) is 8.03. The predicted octanol–water partition coefficient (Wildman–Crippen LogP) is 1.75. The van der Waals surface area contributed by atoms with Crippen LogP contribution in [0.15, 0.2) is 0 Å². The molecule has 2 fully saturated rings. The molecule has 22 heavy (non-hydrogen) atoms. The molecule has 122 valence electrons. The zero-order valence-corrected chi connectivity index (χ0v) is 14.4. The SMILES string of the molecule is CC(C)(C)c1nc(=S)n(CN2CCN(C(=O)C3CC3)CC2)[nH]1. The van der Waals surface area contributed by atoms with Gasteiger partial charge in [-0.1, -0.05) is 20.8 Å². The minimum Gasteiger partial charge on any atom is -0.340 e. The lowest BCUT2D eigenvalue weighted by molar-refractivity contribution is -0.134. The van der Waals surface area contributed by atoms with Crippen molar-refractivity contribution in [2.24, 2.45) is 5.92 Å². The molecule has 1 saturated heterocycles. The van der Waals surface area contributed by atoms with Gasteiger partial charge in [-0.3, -0.25) is 14.8 Å². The lowest BCUT2D eigenvalue weighted by atomic mass is 9.96. The molecular weight excluding hydrogens is 298 g/mol. The van der Waals surface area contributed by atoms with E-state index in [4.69, 9.17) is 12.2 Å². The van der Waals surface area contributed by atoms with E-state index < -0.39 is 0 Å². The summed E-state index contributed by atoms with van der Waals surface area (Å²) in [5, 5.41) is 3.31. The Morgan fingerprint density at radius 1 is 1.27 bits per heavy atom. The van der Waals surface area contributed by atoms with Crippen molar-refractivity contribution >= 4 is 18.1 Å². The van der Waals surface area contributed by atoms with Gasteiger partial charge in [0.2, 0.25) is 10.7 Å². The average Bonchev–Trinajstić information content (AvgIpc) is 3.23. The molecule has 7 heteroatoms. The van der Waals surface area contributed by atoms with E-state index in [0.29, 0.717) is 23.3 Å². The summed E-state index contributed by atoms with van der Waals surface area (Å²) in [6.45, 7) is 10.5. The summed E-state index contributed by atoms with van der Waals surface area (Å²) >= 11 is 5.35. The summed E-state index contributed by atoms with van der Waals surface area (Å²) in [7, 11) is 0. The van der Waals surface area contributed by atoms with Gasteiger partial charge in [0.1, 0.15) is 5.82 Å². The molecule has 1 N–H and O–H groups in total. The monoisotopic (exact) mass is 323 g/mol. The van der Waals surface area contributed by atoms with E-state index in [2.05, 4.69) is 35.8 Å². The van der Waals surface area contributed by atoms with Crippen molar-refractivity contribution in [3.63, 3.8) is 0 Å². The highest BCUT2D eigenvalue weighted by Crippen LogP contribution is 2.31. The topological polar surface area (TPSA) is 57.2 Å². The van der Waals surface area contributed by atoms with Crippen LogP contribution in [0.5, 0.6) is 0 Å². The number of carbonyl (C=O) groups excluding carboxylic acids is 1. The Labute approximate surface area is 136 Å². The summed E-state index contributed by atoms with van der Waals surface area (Å²) in [6.07, 6.45) is 2.16. The Hall–Kier alpha value is -1.21. The van der Waals surface area contributed by atoms with Gasteiger partial charge in [-0.25, -0.2) is 9.67 Å². The minimum atomic E-state index is -0.0335. The number of nitrogens with one attached hydrogen (secondary N) is 1. The van der Waals surface area contributed by atoms with Gasteiger partial charge in [0.05, 0.1) is 6.67 Å². The Bertz CT molecular complexity index is 602. The zero-order chi connectivity index (χ0) is 15.9. The van der Waals surface area contributed by atoms with E-state index >= 15 is 0 Å². The first kappa shape index (κ1) is 15.7. The molecule has 1 aliphatic carbocycles. The molecule has 3 rings (SSSR count). The van der Waals surface area contributed by atoms with Crippen molar-refractivity contribution in [1.29, 1.82) is 0 Å². The fourth-order valence-electron chi connectivity index (χ4n) is 2.69. The molecular formula is C15H25N5OS. The third-order valence-electron chi connectivity index (χ3n) is 4.34. The van der Waals surface area contributed by atoms with Gasteiger partial charge < -0.3 is 4.90 Å². The summed E-state index contributed by atoms with van der Waals surface area (Å²) in [4.78, 5) is 20.8. The Morgan fingerprint density at radius 2 is 1.91 bits per heavy atom. The molecule has 6 nitrogen and oxygen atoms in total. The molecule has 1 aliphatic heterocycles. The van der Waals surface area contributed by atoms with Gasteiger partial charge >= 0.3 is 0 Å². The standard InChI is InChI=1S/C15H25N5OS/c1-15(2,3)13-16-14(22)20(17-13)10-18-6-8-19(9-7-18)12(21)11-4-5-11/h11H,4-10H2,1-3H3,(H,16,17,22). The largest absolute Gasteiger partial charge is 0.340 e. The van der Waals surface area contributed by atoms with Crippen LogP contribution in [0.4, 0.5) is 0 Å². The first-order valence-corrected chi connectivity index (χ1v) is 8.44. The maximum atomic E-state index is 12.1. The van der Waals surface area contributed by atoms with Crippen LogP contribution in [-0.4, -0.2) is 56.7 Å². The van der Waals surface area contributed by atoms with Crippen molar-refractivity contribution in [2.75, 3.05) is 26.2 Å². The highest BCUT2D eigenvalue weighted by Gasteiger charge is 2.34. The second kappa shape index (κ2) is 5.77. The number of nitrogens with zero attached hydrogens (tertiary/aromatic N) is 4. The van der Waals surface area contributed by atoms with Crippen LogP contribution in [-0.2, 0) is 16.9 Å². The maximum Gasteiger partial charge on any atom is 0.225 e. The smallest absolute Gasteiger partial charge is 0.225 e. The summed E-state index contributed by atoms with van der Waals surface area (Å²) in [5.41, 5.74) is -0.0335. The van der Waals surface area contributed by atoms with Crippen molar-refractivity contribution in [1.82, 2.24) is 24.6 Å². The number of hydrogen-bond donors (Lipinski definition) is 1. The van der Waals surface area contributed by atoms with Crippen molar-refractivity contribution < 1.29 is 4.79 Å². The third-order valence-corrected chi connectivity index (χ3v) is 4.65. The maximum absolute atomic E-state index is 12.1. The van der Waals surface area contributed by atoms with Gasteiger partial charge in [0, 0.05) is 37.5 Å². The normalized spacial score (nSPS) is 20.4. The molecule has 1 aromatic rings. The summed E-state index contributed by atoms with van der Waals surface area (Å²) < 4.78 is 2.52. The van der Waals surface area contributed by atoms with Crippen LogP contribution >= 0.6 is 12.2 Å². The quantitative estimate of drug-likeness (QED) is 0.861. The molecule has 0 unspecified atom stereocenters. The van der Waals surface area contributed by atoms with E-state index in [1.54, 1.807) is 0 Å². The molecule has 1 amide bonds. The number of H-pyrrole nitrogens is 1. The Morgan fingerprint density at radius 3 is 2.41 bits per heavy atom. The number of aromatic nitrogens is 3. The molecule has 0 atom stereocenters. The van der Waals surface area contributed by atoms with Crippen LogP contribution in [0.2, 0.25) is 0 Å². The first-order chi connectivity index (χ1) is 10.3. The van der Waals surface area contributed by atoms with Crippen LogP contribution < -0.4 is 0 Å². The molecule has 0 spiro atoms. The van der Waals surface area contributed by atoms with E-state index in [1.807, 2.05) is 9.58 Å². The molecule has 1 aromatic heterocycles. The molecule has 1 saturated carbocycles. The highest BCUT2D eigenvalue weighted by atomic mass is 32.1. The van der Waals surface area contributed by atoms with E-state index in [-0.39, 0.29) is 5.41 Å². The van der Waals surface area contributed by atoms with Crippen LogP contribution in [0.25, 0.3) is 0 Å². The third kappa shape index (κ3) is 3.41. The van der Waals surface area contributed by atoms with Crippen LogP contribution in [0.3, 0.4) is 0 Å². The predicted molar refractivity (Wildman–Crippen MR) is 87.0 cm³/mol. The van der Waals surface area contributed by atoms with Gasteiger partial charge in [0.15, 0.2) is 0 Å². The van der Waals surface area contributed by atoms with Crippen LogP contribution in [0.1, 0.15) is 39.4 Å². The van der Waals surface area contributed by atoms with Crippen molar-refractivity contribution in [3.8, 4) is 0 Å². The molecule has 2 heterocycles. The molecule has 0 radical (unpaired) electrons. The average molecular weight is 323 g/mol. The number of carbonyl (C=O) groups is 1. The summed E-state index contributed by atoms with van der Waals surface area (Å²) in [6, 6.07) is 0. The van der Waals surface area contributed by atoms with Crippen LogP contribution in [0, 0.1) is 10.7 Å². The van der Waals surface area contributed by atoms with Gasteiger partial charge in [-0.05, 0) is 25.1 Å². The van der Waals surface area contributed by atoms with Crippen molar-refractivity contribution in [2.45, 2.75) is 45.7 Å². The molecule has 2 aliphatic rings. The molecule has 0 aromatic carbocycles. The second-order valence-electron chi connectivity index (χ2n) is 7.39. The van der Waals surface area contributed by atoms with Gasteiger partial charge in [-0.2, -0.15) is 0 Å². The van der Waals surface area contributed by atoms with E-state index in [1.165, 1.54) is 0 Å². The van der Waals surface area contributed by atoms with E-state index in [9.17, 15) is 4.79 Å². The second-order valence-corrected chi connectivity index (χ2v) is 7.76. The Kier molecular flexibility index (Phi) is 4.11. The van der Waals surface area contributed by atoms with E-state index in [0.717, 1.165) is 44.8 Å². The fourth-order valence-corrected chi connectivity index (χ4v) is 2.88. The number of hydrogen-bond acceptors (Lipinski definition) is 4. The lowest BCUT2D eigenvalue weighted by Crippen LogP contribution is -2.49. The number of amides is 1. The van der Waals surface area contributed by atoms with Gasteiger partial charge in [0.25, 0.3) is 0 Å². The molecule has 0 bridgehead atoms. The number of rotatable bonds is 3. The number of piperazine rings is 1. The minimum absolute atomic E-state index is 0.0335. The van der Waals surface area contributed by atoms with Crippen molar-refractivity contribution in [3.05, 3.63) is 10.6 Å². The highest BCUT2D eigenvalue weighted by molar-refractivity contribution is 7.71. The van der Waals surface area contributed by atoms with Gasteiger partial charge in [-0.15, -0.1) is 0 Å². The lowest BCUT2D eigenvalue weighted by Gasteiger charge is -2.34. The zero-order valence-electron chi connectivity index (χ0n) is 13.6. The number of aromatic amines is 1.